The lowest BCUT2D eigenvalue weighted by Crippen LogP contribution is -2.48. The predicted molar refractivity (Wildman–Crippen MR) is 192 cm³/mol. The van der Waals surface area contributed by atoms with E-state index in [1.54, 1.807) is 35.9 Å². The Labute approximate surface area is 312 Å². The summed E-state index contributed by atoms with van der Waals surface area (Å²) in [4.78, 5) is 35.7. The number of benzene rings is 3. The summed E-state index contributed by atoms with van der Waals surface area (Å²) in [5, 5.41) is 0.833. The minimum Gasteiger partial charge on any atom is -0.491 e. The second-order valence-electron chi connectivity index (χ2n) is 12.1. The molecule has 0 bridgehead atoms. The summed E-state index contributed by atoms with van der Waals surface area (Å²) in [6, 6.07) is 17.7. The third-order valence-corrected chi connectivity index (χ3v) is 8.79. The molecule has 0 saturated carbocycles. The Hall–Kier alpha value is -5.22. The van der Waals surface area contributed by atoms with E-state index in [9.17, 15) is 31.5 Å². The van der Waals surface area contributed by atoms with Gasteiger partial charge in [0.25, 0.3) is 18.2 Å². The fraction of sp³-hybridized carbons (Fsp3) is 0.270. The fourth-order valence-corrected chi connectivity index (χ4v) is 5.93. The van der Waals surface area contributed by atoms with Crippen molar-refractivity contribution in [3.8, 4) is 23.1 Å². The van der Waals surface area contributed by atoms with Gasteiger partial charge >= 0.3 is 0 Å². The highest BCUT2D eigenvalue weighted by atomic mass is 79.9. The number of carbonyl (C=O) groups is 2. The number of carbonyl (C=O) groups excluding carboxylic acids is 2. The molecule has 1 fully saturated rings. The van der Waals surface area contributed by atoms with Crippen LogP contribution in [0.25, 0.3) is 10.9 Å². The smallest absolute Gasteiger partial charge is 0.272 e. The predicted octanol–water partition coefficient (Wildman–Crippen LogP) is 7.25. The van der Waals surface area contributed by atoms with E-state index < -0.39 is 47.7 Å². The highest BCUT2D eigenvalue weighted by Crippen LogP contribution is 2.30. The average Bonchev–Trinajstić information content (AvgIpc) is 3.48. The zero-order valence-electron chi connectivity index (χ0n) is 28.8. The van der Waals surface area contributed by atoms with Crippen molar-refractivity contribution in [2.24, 2.45) is 7.05 Å². The zero-order valence-corrected chi connectivity index (χ0v) is 30.5. The first-order valence-electron chi connectivity index (χ1n) is 16.2. The van der Waals surface area contributed by atoms with E-state index >= 15 is 0 Å². The summed E-state index contributed by atoms with van der Waals surface area (Å²) in [6.07, 6.45) is -1.24. The number of anilines is 1. The molecule has 5 aromatic rings. The molecule has 0 unspecified atom stereocenters. The topological polar surface area (TPSA) is 89.4 Å². The molecule has 0 spiro atoms. The largest absolute Gasteiger partial charge is 0.491 e. The Kier molecular flexibility index (Phi) is 12.2. The van der Waals surface area contributed by atoms with Crippen molar-refractivity contribution in [2.75, 3.05) is 51.8 Å². The van der Waals surface area contributed by atoms with Crippen LogP contribution in [0.1, 0.15) is 26.4 Å². The van der Waals surface area contributed by atoms with Crippen molar-refractivity contribution in [3.63, 3.8) is 0 Å². The number of piperazine rings is 1. The number of hydrogen-bond donors (Lipinski definition) is 0. The van der Waals surface area contributed by atoms with E-state index in [4.69, 9.17) is 9.47 Å². The number of amides is 2. The van der Waals surface area contributed by atoms with Gasteiger partial charge in [0.1, 0.15) is 23.8 Å². The molecule has 16 heteroatoms. The molecular weight excluding hydrogens is 769 g/mol. The first-order valence-corrected chi connectivity index (χ1v) is 16.2. The third kappa shape index (κ3) is 8.54. The van der Waals surface area contributed by atoms with Crippen molar-refractivity contribution in [1.29, 1.82) is 0 Å². The van der Waals surface area contributed by atoms with Gasteiger partial charge in [-0.2, -0.15) is 4.39 Å². The van der Waals surface area contributed by atoms with Gasteiger partial charge in [-0.05, 0) is 48.0 Å². The zero-order chi connectivity index (χ0) is 37.1. The van der Waals surface area contributed by atoms with Gasteiger partial charge in [0, 0.05) is 64.3 Å². The molecular formula is C37H35BrF5N5O5. The van der Waals surface area contributed by atoms with Crippen molar-refractivity contribution in [1.82, 2.24) is 19.4 Å². The minimum absolute atomic E-state index is 0. The summed E-state index contributed by atoms with van der Waals surface area (Å²) in [6.45, 7) is 2.43. The Bertz CT molecular complexity index is 2090. The molecule has 2 amide bonds. The van der Waals surface area contributed by atoms with Crippen LogP contribution in [-0.2, 0) is 13.6 Å². The quantitative estimate of drug-likeness (QED) is 0.103. The SMILES string of the molecule is Br.COc1c(F)cc(C(=O)N(C)c2ccc(Oc3ccc4cc(C(=O)N5CCN(Cc6ccc(OCC(F)F)cc6)CC5)n(C)c4c3)nc2)c(F)c1F. The lowest BCUT2D eigenvalue weighted by atomic mass is 10.1. The maximum Gasteiger partial charge on any atom is 0.272 e. The summed E-state index contributed by atoms with van der Waals surface area (Å²) >= 11 is 0. The number of pyridine rings is 1. The second-order valence-corrected chi connectivity index (χ2v) is 12.1. The molecule has 10 nitrogen and oxygen atoms in total. The van der Waals surface area contributed by atoms with E-state index in [0.717, 1.165) is 28.5 Å². The fourth-order valence-electron chi connectivity index (χ4n) is 5.93. The number of hydrogen-bond acceptors (Lipinski definition) is 7. The molecule has 0 N–H and O–H groups in total. The van der Waals surface area contributed by atoms with Crippen molar-refractivity contribution < 1.29 is 45.8 Å². The molecule has 3 heterocycles. The Balaban J connectivity index is 0.00000541. The Morgan fingerprint density at radius 2 is 1.60 bits per heavy atom. The number of rotatable bonds is 11. The molecule has 0 atom stereocenters. The number of halogens is 6. The number of ether oxygens (including phenoxy) is 3. The van der Waals surface area contributed by atoms with E-state index in [1.807, 2.05) is 29.2 Å². The summed E-state index contributed by atoms with van der Waals surface area (Å²) < 4.78 is 85.0. The third-order valence-electron chi connectivity index (χ3n) is 8.79. The first-order chi connectivity index (χ1) is 24.9. The van der Waals surface area contributed by atoms with Gasteiger partial charge < -0.3 is 28.6 Å². The Morgan fingerprint density at radius 1 is 0.906 bits per heavy atom. The van der Waals surface area contributed by atoms with Crippen molar-refractivity contribution in [3.05, 3.63) is 107 Å². The minimum atomic E-state index is -2.53. The van der Waals surface area contributed by atoms with Crippen LogP contribution in [-0.4, -0.2) is 84.5 Å². The molecule has 3 aromatic carbocycles. The van der Waals surface area contributed by atoms with Crippen LogP contribution in [0.2, 0.25) is 0 Å². The summed E-state index contributed by atoms with van der Waals surface area (Å²) in [5.41, 5.74) is 1.69. The van der Waals surface area contributed by atoms with Crippen molar-refractivity contribution >= 4 is 45.4 Å². The highest BCUT2D eigenvalue weighted by Gasteiger charge is 2.27. The molecule has 53 heavy (non-hydrogen) atoms. The molecule has 1 aliphatic heterocycles. The van der Waals surface area contributed by atoms with Gasteiger partial charge in [-0.25, -0.2) is 22.5 Å². The average molecular weight is 805 g/mol. The number of nitrogens with zero attached hydrogens (tertiary/aromatic N) is 5. The first kappa shape index (κ1) is 39.0. The van der Waals surface area contributed by atoms with Crippen molar-refractivity contribution in [2.45, 2.75) is 13.0 Å². The Morgan fingerprint density at radius 3 is 2.25 bits per heavy atom. The number of alkyl halides is 2. The van der Waals surface area contributed by atoms with E-state index in [0.29, 0.717) is 56.0 Å². The van der Waals surface area contributed by atoms with Gasteiger partial charge in [-0.3, -0.25) is 14.5 Å². The maximum absolute atomic E-state index is 14.5. The van der Waals surface area contributed by atoms with Gasteiger partial charge in [0.15, 0.2) is 17.4 Å². The van der Waals surface area contributed by atoms with Gasteiger partial charge in [0.05, 0.1) is 30.1 Å². The second kappa shape index (κ2) is 16.6. The van der Waals surface area contributed by atoms with Gasteiger partial charge in [-0.1, -0.05) is 12.1 Å². The van der Waals surface area contributed by atoms with E-state index in [-0.39, 0.29) is 34.5 Å². The lowest BCUT2D eigenvalue weighted by Gasteiger charge is -2.34. The number of aromatic nitrogens is 2. The molecule has 1 aliphatic rings. The monoisotopic (exact) mass is 803 g/mol. The number of fused-ring (bicyclic) bond motifs is 1. The van der Waals surface area contributed by atoms with Gasteiger partial charge in [-0.15, -0.1) is 17.0 Å². The lowest BCUT2D eigenvalue weighted by molar-refractivity contribution is 0.0619. The highest BCUT2D eigenvalue weighted by molar-refractivity contribution is 8.93. The molecule has 280 valence electrons. The van der Waals surface area contributed by atoms with Crippen LogP contribution in [0.4, 0.5) is 27.6 Å². The molecule has 1 saturated heterocycles. The standard InChI is InChI=1S/C37H34F5N5O5.BrH/c1-44(36(48)27-18-28(38)35(50-3)34(42)33(27)41)24-7-11-32(43-19-24)52-26-10-6-23-16-30(45(2)29(23)17-26)37(49)47-14-12-46(13-15-47)20-22-4-8-25(9-5-22)51-21-31(39)40;/h4-11,16-19,31H,12-15,20-21H2,1-3H3;1H. The summed E-state index contributed by atoms with van der Waals surface area (Å²) in [5.74, 6) is -5.38. The maximum atomic E-state index is 14.5. The molecule has 6 rings (SSSR count). The van der Waals surface area contributed by atoms with Crippen LogP contribution >= 0.6 is 17.0 Å². The van der Waals surface area contributed by atoms with Crippen LogP contribution in [0.3, 0.4) is 0 Å². The molecule has 0 aliphatic carbocycles. The van der Waals surface area contributed by atoms with Crippen LogP contribution in [0, 0.1) is 17.5 Å². The van der Waals surface area contributed by atoms with Crippen LogP contribution < -0.4 is 19.1 Å². The number of aryl methyl sites for hydroxylation is 1. The molecule has 0 radical (unpaired) electrons. The van der Waals surface area contributed by atoms with Crippen LogP contribution in [0.5, 0.6) is 23.1 Å². The number of methoxy groups -OCH3 is 1. The normalized spacial score (nSPS) is 13.2. The molecule has 2 aromatic heterocycles. The van der Waals surface area contributed by atoms with Crippen LogP contribution in [0.15, 0.2) is 72.9 Å². The van der Waals surface area contributed by atoms with Gasteiger partial charge in [0.2, 0.25) is 11.7 Å². The van der Waals surface area contributed by atoms with E-state index in [2.05, 4.69) is 14.6 Å². The summed E-state index contributed by atoms with van der Waals surface area (Å²) in [7, 11) is 4.09. The van der Waals surface area contributed by atoms with E-state index in [1.165, 1.54) is 25.4 Å².